The fraction of sp³-hybridized carbons (Fsp3) is 1.00. The summed E-state index contributed by atoms with van der Waals surface area (Å²) in [5.74, 6) is -2.60. The zero-order valence-corrected chi connectivity index (χ0v) is 7.72. The molecular weight excluding hydrogens is 176 g/mol. The van der Waals surface area contributed by atoms with Gasteiger partial charge < -0.3 is 10.5 Å². The number of rotatable bonds is 2. The molecule has 0 amide bonds. The third kappa shape index (κ3) is 1.12. The highest BCUT2D eigenvalue weighted by atomic mass is 19.3. The Morgan fingerprint density at radius 1 is 1.54 bits per heavy atom. The maximum atomic E-state index is 13.1. The second-order valence-corrected chi connectivity index (χ2v) is 4.21. The number of alkyl halides is 2. The Balaban J connectivity index is 2.15. The van der Waals surface area contributed by atoms with Crippen LogP contribution in [0.3, 0.4) is 0 Å². The van der Waals surface area contributed by atoms with Crippen LogP contribution in [0.1, 0.15) is 19.8 Å². The highest BCUT2D eigenvalue weighted by Gasteiger charge is 2.74. The maximum Gasteiger partial charge on any atom is 0.256 e. The molecule has 1 heterocycles. The van der Waals surface area contributed by atoms with Crippen molar-refractivity contribution in [2.75, 3.05) is 13.2 Å². The van der Waals surface area contributed by atoms with Gasteiger partial charge in [0.2, 0.25) is 0 Å². The first-order valence-corrected chi connectivity index (χ1v) is 4.73. The molecule has 2 N–H and O–H groups in total. The molecule has 1 aliphatic heterocycles. The molecule has 0 radical (unpaired) electrons. The predicted octanol–water partition coefficient (Wildman–Crippen LogP) is 1.40. The SMILES string of the molecule is CC1OCCC1C1(CN)CC1(F)F. The lowest BCUT2D eigenvalue weighted by Crippen LogP contribution is -2.34. The second kappa shape index (κ2) is 2.64. The lowest BCUT2D eigenvalue weighted by molar-refractivity contribution is 0.0164. The molecule has 2 rings (SSSR count). The maximum absolute atomic E-state index is 13.1. The highest BCUT2D eigenvalue weighted by Crippen LogP contribution is 2.66. The average Bonchev–Trinajstić information content (AvgIpc) is 2.43. The molecule has 76 valence electrons. The predicted molar refractivity (Wildman–Crippen MR) is 44.6 cm³/mol. The summed E-state index contributed by atoms with van der Waals surface area (Å²) in [7, 11) is 0. The molecule has 2 aliphatic rings. The standard InChI is InChI=1S/C9H15F2NO/c1-6-7(2-3-13-6)8(5-12)4-9(8,10)11/h6-7H,2-5,12H2,1H3. The molecule has 3 unspecified atom stereocenters. The first kappa shape index (κ1) is 9.34. The van der Waals surface area contributed by atoms with Gasteiger partial charge in [-0.1, -0.05) is 0 Å². The minimum Gasteiger partial charge on any atom is -0.378 e. The van der Waals surface area contributed by atoms with Gasteiger partial charge in [0.15, 0.2) is 0 Å². The van der Waals surface area contributed by atoms with Crippen LogP contribution in [0.2, 0.25) is 0 Å². The minimum absolute atomic E-state index is 0.0468. The summed E-state index contributed by atoms with van der Waals surface area (Å²) in [6.07, 6.45) is 0.625. The molecule has 0 aromatic rings. The van der Waals surface area contributed by atoms with Gasteiger partial charge in [0.25, 0.3) is 5.92 Å². The van der Waals surface area contributed by atoms with E-state index in [-0.39, 0.29) is 25.0 Å². The van der Waals surface area contributed by atoms with E-state index in [0.717, 1.165) is 6.42 Å². The van der Waals surface area contributed by atoms with E-state index in [1.807, 2.05) is 6.92 Å². The quantitative estimate of drug-likeness (QED) is 0.716. The van der Waals surface area contributed by atoms with E-state index in [0.29, 0.717) is 6.61 Å². The molecule has 13 heavy (non-hydrogen) atoms. The van der Waals surface area contributed by atoms with Crippen molar-refractivity contribution in [2.24, 2.45) is 17.1 Å². The molecule has 3 atom stereocenters. The summed E-state index contributed by atoms with van der Waals surface area (Å²) in [6, 6.07) is 0. The van der Waals surface area contributed by atoms with Gasteiger partial charge in [-0.15, -0.1) is 0 Å². The van der Waals surface area contributed by atoms with Gasteiger partial charge in [-0.2, -0.15) is 0 Å². The fourth-order valence-electron chi connectivity index (χ4n) is 2.58. The molecule has 1 aliphatic carbocycles. The zero-order valence-electron chi connectivity index (χ0n) is 7.72. The van der Waals surface area contributed by atoms with Crippen molar-refractivity contribution in [2.45, 2.75) is 31.8 Å². The van der Waals surface area contributed by atoms with Gasteiger partial charge >= 0.3 is 0 Å². The van der Waals surface area contributed by atoms with Crippen molar-refractivity contribution in [1.29, 1.82) is 0 Å². The Bertz CT molecular complexity index is 222. The Morgan fingerprint density at radius 2 is 2.15 bits per heavy atom. The number of hydrogen-bond donors (Lipinski definition) is 1. The molecule has 2 fully saturated rings. The molecule has 0 spiro atoms. The molecular formula is C9H15F2NO. The van der Waals surface area contributed by atoms with Crippen molar-refractivity contribution in [3.05, 3.63) is 0 Å². The van der Waals surface area contributed by atoms with E-state index in [1.165, 1.54) is 0 Å². The van der Waals surface area contributed by atoms with Crippen LogP contribution in [-0.2, 0) is 4.74 Å². The van der Waals surface area contributed by atoms with Crippen LogP contribution in [0, 0.1) is 11.3 Å². The normalized spacial score (nSPS) is 48.0. The zero-order chi connectivity index (χ0) is 9.69. The van der Waals surface area contributed by atoms with E-state index in [4.69, 9.17) is 10.5 Å². The second-order valence-electron chi connectivity index (χ2n) is 4.21. The van der Waals surface area contributed by atoms with Crippen molar-refractivity contribution in [1.82, 2.24) is 0 Å². The fourth-order valence-corrected chi connectivity index (χ4v) is 2.58. The van der Waals surface area contributed by atoms with Crippen LogP contribution in [0.5, 0.6) is 0 Å². The lowest BCUT2D eigenvalue weighted by atomic mass is 9.84. The summed E-state index contributed by atoms with van der Waals surface area (Å²) < 4.78 is 31.6. The van der Waals surface area contributed by atoms with Crippen LogP contribution in [0.15, 0.2) is 0 Å². The van der Waals surface area contributed by atoms with Gasteiger partial charge in [0, 0.05) is 19.6 Å². The molecule has 0 bridgehead atoms. The Hall–Kier alpha value is -0.220. The summed E-state index contributed by atoms with van der Waals surface area (Å²) in [4.78, 5) is 0. The Kier molecular flexibility index (Phi) is 1.90. The molecule has 0 aromatic carbocycles. The summed E-state index contributed by atoms with van der Waals surface area (Å²) in [5, 5.41) is 0. The van der Waals surface area contributed by atoms with Crippen molar-refractivity contribution >= 4 is 0 Å². The van der Waals surface area contributed by atoms with Crippen molar-refractivity contribution in [3.63, 3.8) is 0 Å². The number of ether oxygens (including phenoxy) is 1. The van der Waals surface area contributed by atoms with Crippen molar-refractivity contribution < 1.29 is 13.5 Å². The van der Waals surface area contributed by atoms with Gasteiger partial charge in [0.1, 0.15) is 0 Å². The van der Waals surface area contributed by atoms with Crippen LogP contribution >= 0.6 is 0 Å². The van der Waals surface area contributed by atoms with E-state index < -0.39 is 11.3 Å². The molecule has 0 aromatic heterocycles. The van der Waals surface area contributed by atoms with Crippen LogP contribution in [0.25, 0.3) is 0 Å². The summed E-state index contributed by atoms with van der Waals surface area (Å²) in [5.41, 5.74) is 4.51. The third-order valence-electron chi connectivity index (χ3n) is 3.59. The number of hydrogen-bond acceptors (Lipinski definition) is 2. The molecule has 4 heteroatoms. The smallest absolute Gasteiger partial charge is 0.256 e. The first-order chi connectivity index (χ1) is 6.03. The monoisotopic (exact) mass is 191 g/mol. The lowest BCUT2D eigenvalue weighted by Gasteiger charge is -2.24. The minimum atomic E-state index is -2.55. The average molecular weight is 191 g/mol. The van der Waals surface area contributed by atoms with Crippen LogP contribution in [0.4, 0.5) is 8.78 Å². The Labute approximate surface area is 76.4 Å². The van der Waals surface area contributed by atoms with E-state index >= 15 is 0 Å². The van der Waals surface area contributed by atoms with Crippen LogP contribution in [-0.4, -0.2) is 25.2 Å². The van der Waals surface area contributed by atoms with E-state index in [2.05, 4.69) is 0 Å². The van der Waals surface area contributed by atoms with E-state index in [9.17, 15) is 8.78 Å². The largest absolute Gasteiger partial charge is 0.378 e. The van der Waals surface area contributed by atoms with Gasteiger partial charge in [-0.05, 0) is 19.3 Å². The summed E-state index contributed by atoms with van der Waals surface area (Å²) >= 11 is 0. The van der Waals surface area contributed by atoms with Crippen molar-refractivity contribution in [3.8, 4) is 0 Å². The van der Waals surface area contributed by atoms with Gasteiger partial charge in [-0.3, -0.25) is 0 Å². The van der Waals surface area contributed by atoms with Gasteiger partial charge in [-0.25, -0.2) is 8.78 Å². The topological polar surface area (TPSA) is 35.2 Å². The third-order valence-corrected chi connectivity index (χ3v) is 3.59. The Morgan fingerprint density at radius 3 is 2.46 bits per heavy atom. The molecule has 2 nitrogen and oxygen atoms in total. The first-order valence-electron chi connectivity index (χ1n) is 4.73. The number of nitrogens with two attached hydrogens (primary N) is 1. The highest BCUT2D eigenvalue weighted by molar-refractivity contribution is 5.15. The number of halogens is 2. The summed E-state index contributed by atoms with van der Waals surface area (Å²) in [6.45, 7) is 2.55. The van der Waals surface area contributed by atoms with Crippen LogP contribution < -0.4 is 5.73 Å². The molecule has 1 saturated carbocycles. The van der Waals surface area contributed by atoms with Gasteiger partial charge in [0.05, 0.1) is 11.5 Å². The molecule has 1 saturated heterocycles. The van der Waals surface area contributed by atoms with E-state index in [1.54, 1.807) is 0 Å².